The highest BCUT2D eigenvalue weighted by Crippen LogP contribution is 2.16. The number of halogens is 1. The Morgan fingerprint density at radius 1 is 1.41 bits per heavy atom. The van der Waals surface area contributed by atoms with Crippen LogP contribution in [0.1, 0.15) is 29.6 Å². The molecule has 1 aromatic carbocycles. The molecule has 1 saturated heterocycles. The summed E-state index contributed by atoms with van der Waals surface area (Å²) in [6.45, 7) is 0.673. The maximum atomic E-state index is 11.7. The van der Waals surface area contributed by atoms with Crippen molar-refractivity contribution in [3.63, 3.8) is 0 Å². The summed E-state index contributed by atoms with van der Waals surface area (Å²) in [6, 6.07) is 6.82. The van der Waals surface area contributed by atoms with Crippen LogP contribution in [0.4, 0.5) is 0 Å². The molecule has 5 heteroatoms. The number of hydrogen-bond acceptors (Lipinski definition) is 3. The predicted octanol–water partition coefficient (Wildman–Crippen LogP) is 2.53. The fourth-order valence-corrected chi connectivity index (χ4v) is 1.85. The van der Waals surface area contributed by atoms with E-state index in [0.29, 0.717) is 17.2 Å². The zero-order valence-corrected chi connectivity index (χ0v) is 10.1. The average Bonchev–Trinajstić information content (AvgIpc) is 2.38. The molecule has 0 bridgehead atoms. The molecule has 0 spiro atoms. The number of nitrogens with one attached hydrogen (secondary N) is 1. The van der Waals surface area contributed by atoms with Crippen molar-refractivity contribution >= 4 is 17.5 Å². The van der Waals surface area contributed by atoms with Gasteiger partial charge < -0.3 is 4.74 Å². The largest absolute Gasteiger partial charge is 0.350 e. The second-order valence-electron chi connectivity index (χ2n) is 3.83. The van der Waals surface area contributed by atoms with Gasteiger partial charge in [0, 0.05) is 13.0 Å². The van der Waals surface area contributed by atoms with Gasteiger partial charge in [0.1, 0.15) is 0 Å². The Kier molecular flexibility index (Phi) is 4.36. The third kappa shape index (κ3) is 3.43. The molecule has 2 rings (SSSR count). The van der Waals surface area contributed by atoms with Crippen LogP contribution >= 0.6 is 11.6 Å². The molecule has 17 heavy (non-hydrogen) atoms. The summed E-state index contributed by atoms with van der Waals surface area (Å²) < 4.78 is 5.32. The van der Waals surface area contributed by atoms with Gasteiger partial charge in [-0.2, -0.15) is 0 Å². The first kappa shape index (κ1) is 12.4. The summed E-state index contributed by atoms with van der Waals surface area (Å²) in [5.74, 6) is -0.357. The first-order chi connectivity index (χ1) is 8.27. The van der Waals surface area contributed by atoms with Crippen LogP contribution in [0.2, 0.25) is 5.02 Å². The Hall–Kier alpha value is -1.10. The lowest BCUT2D eigenvalue weighted by atomic mass is 10.2. The van der Waals surface area contributed by atoms with E-state index in [-0.39, 0.29) is 12.2 Å². The fourth-order valence-electron chi connectivity index (χ4n) is 1.62. The number of carbonyl (C=O) groups is 1. The molecule has 4 nitrogen and oxygen atoms in total. The average molecular weight is 256 g/mol. The summed E-state index contributed by atoms with van der Waals surface area (Å²) in [5.41, 5.74) is 2.75. The summed E-state index contributed by atoms with van der Waals surface area (Å²) in [5, 5.41) is 0.401. The molecule has 0 radical (unpaired) electrons. The van der Waals surface area contributed by atoms with Crippen molar-refractivity contribution in [2.24, 2.45) is 0 Å². The van der Waals surface area contributed by atoms with Gasteiger partial charge in [-0.05, 0) is 25.0 Å². The number of benzene rings is 1. The van der Waals surface area contributed by atoms with Crippen LogP contribution in [-0.2, 0) is 9.57 Å². The molecule has 1 amide bonds. The number of rotatable bonds is 3. The molecule has 92 valence electrons. The minimum Gasteiger partial charge on any atom is -0.350 e. The number of hydrogen-bond donors (Lipinski definition) is 1. The summed E-state index contributed by atoms with van der Waals surface area (Å²) >= 11 is 5.89. The molecule has 1 atom stereocenters. The van der Waals surface area contributed by atoms with E-state index in [0.717, 1.165) is 19.3 Å². The van der Waals surface area contributed by atoms with Gasteiger partial charge in [-0.3, -0.25) is 4.79 Å². The van der Waals surface area contributed by atoms with Crippen molar-refractivity contribution in [3.8, 4) is 0 Å². The first-order valence-electron chi connectivity index (χ1n) is 5.59. The van der Waals surface area contributed by atoms with E-state index < -0.39 is 0 Å². The van der Waals surface area contributed by atoms with Crippen LogP contribution in [0, 0.1) is 0 Å². The van der Waals surface area contributed by atoms with Gasteiger partial charge in [0.05, 0.1) is 10.6 Å². The lowest BCUT2D eigenvalue weighted by Gasteiger charge is -2.22. The molecular weight excluding hydrogens is 242 g/mol. The number of amides is 1. The zero-order chi connectivity index (χ0) is 12.1. The van der Waals surface area contributed by atoms with Crippen molar-refractivity contribution in [3.05, 3.63) is 34.9 Å². The Morgan fingerprint density at radius 2 is 2.24 bits per heavy atom. The number of hydroxylamine groups is 1. The second-order valence-corrected chi connectivity index (χ2v) is 4.23. The topological polar surface area (TPSA) is 47.6 Å². The van der Waals surface area contributed by atoms with Crippen molar-refractivity contribution in [2.75, 3.05) is 6.61 Å². The van der Waals surface area contributed by atoms with E-state index in [1.54, 1.807) is 24.3 Å². The summed E-state index contributed by atoms with van der Waals surface area (Å²) in [6.07, 6.45) is 2.53. The molecule has 0 aromatic heterocycles. The molecule has 1 fully saturated rings. The number of ether oxygens (including phenoxy) is 1. The Labute approximate surface area is 105 Å². The molecule has 0 unspecified atom stereocenters. The lowest BCUT2D eigenvalue weighted by molar-refractivity contribution is -0.186. The highest BCUT2D eigenvalue weighted by atomic mass is 35.5. The van der Waals surface area contributed by atoms with Crippen molar-refractivity contribution in [2.45, 2.75) is 25.6 Å². The highest BCUT2D eigenvalue weighted by Gasteiger charge is 2.17. The molecule has 1 aliphatic heterocycles. The lowest BCUT2D eigenvalue weighted by Crippen LogP contribution is -2.33. The minimum atomic E-state index is -0.357. The molecule has 0 aliphatic carbocycles. The fraction of sp³-hybridized carbons (Fsp3) is 0.417. The Balaban J connectivity index is 1.87. The van der Waals surface area contributed by atoms with Gasteiger partial charge in [-0.15, -0.1) is 0 Å². The van der Waals surface area contributed by atoms with Crippen molar-refractivity contribution in [1.29, 1.82) is 0 Å². The van der Waals surface area contributed by atoms with Gasteiger partial charge in [0.15, 0.2) is 6.29 Å². The summed E-state index contributed by atoms with van der Waals surface area (Å²) in [4.78, 5) is 16.9. The van der Waals surface area contributed by atoms with E-state index in [9.17, 15) is 4.79 Å². The molecular formula is C12H14ClNO3. The summed E-state index contributed by atoms with van der Waals surface area (Å²) in [7, 11) is 0. The van der Waals surface area contributed by atoms with Crippen LogP contribution in [0.15, 0.2) is 24.3 Å². The first-order valence-corrected chi connectivity index (χ1v) is 5.97. The zero-order valence-electron chi connectivity index (χ0n) is 9.32. The van der Waals surface area contributed by atoms with E-state index in [1.165, 1.54) is 0 Å². The predicted molar refractivity (Wildman–Crippen MR) is 63.6 cm³/mol. The third-order valence-electron chi connectivity index (χ3n) is 2.54. The van der Waals surface area contributed by atoms with Crippen LogP contribution < -0.4 is 5.48 Å². The molecule has 1 heterocycles. The highest BCUT2D eigenvalue weighted by molar-refractivity contribution is 6.33. The van der Waals surface area contributed by atoms with Crippen molar-refractivity contribution < 1.29 is 14.4 Å². The van der Waals surface area contributed by atoms with E-state index in [4.69, 9.17) is 21.2 Å². The van der Waals surface area contributed by atoms with E-state index in [2.05, 4.69) is 5.48 Å². The van der Waals surface area contributed by atoms with Crippen LogP contribution in [0.5, 0.6) is 0 Å². The quantitative estimate of drug-likeness (QED) is 0.845. The van der Waals surface area contributed by atoms with E-state index >= 15 is 0 Å². The van der Waals surface area contributed by atoms with Crippen LogP contribution in [0.3, 0.4) is 0 Å². The van der Waals surface area contributed by atoms with Crippen molar-refractivity contribution in [1.82, 2.24) is 5.48 Å². The van der Waals surface area contributed by atoms with Gasteiger partial charge >= 0.3 is 0 Å². The normalized spacial score (nSPS) is 19.9. The van der Waals surface area contributed by atoms with Gasteiger partial charge in [-0.25, -0.2) is 10.3 Å². The molecule has 1 N–H and O–H groups in total. The number of carbonyl (C=O) groups excluding carboxylic acids is 1. The SMILES string of the molecule is O=C(NO[C@H]1CCCCO1)c1ccccc1Cl. The smallest absolute Gasteiger partial charge is 0.276 e. The third-order valence-corrected chi connectivity index (χ3v) is 2.87. The molecule has 1 aliphatic rings. The van der Waals surface area contributed by atoms with Crippen LogP contribution in [0.25, 0.3) is 0 Å². The monoisotopic (exact) mass is 255 g/mol. The van der Waals surface area contributed by atoms with Crippen LogP contribution in [-0.4, -0.2) is 18.8 Å². The molecule has 1 aromatic rings. The van der Waals surface area contributed by atoms with E-state index in [1.807, 2.05) is 0 Å². The Bertz CT molecular complexity index is 391. The minimum absolute atomic E-state index is 0.352. The second kappa shape index (κ2) is 6.00. The molecule has 0 saturated carbocycles. The standard InChI is InChI=1S/C12H14ClNO3/c13-10-6-2-1-5-9(10)12(15)14-17-11-7-3-4-8-16-11/h1-2,5-6,11H,3-4,7-8H2,(H,14,15)/t11-/m0/s1. The maximum Gasteiger partial charge on any atom is 0.276 e. The Morgan fingerprint density at radius 3 is 2.94 bits per heavy atom. The maximum absolute atomic E-state index is 11.7. The van der Waals surface area contributed by atoms with Gasteiger partial charge in [-0.1, -0.05) is 23.7 Å². The van der Waals surface area contributed by atoms with Gasteiger partial charge in [0.2, 0.25) is 0 Å². The van der Waals surface area contributed by atoms with Gasteiger partial charge in [0.25, 0.3) is 5.91 Å².